The van der Waals surface area contributed by atoms with Crippen molar-refractivity contribution in [2.45, 2.75) is 12.8 Å². The van der Waals surface area contributed by atoms with Crippen LogP contribution in [-0.4, -0.2) is 48.0 Å². The number of hydrogen-bond donors (Lipinski definition) is 2. The summed E-state index contributed by atoms with van der Waals surface area (Å²) >= 11 is 0. The maximum absolute atomic E-state index is 8.80. The van der Waals surface area contributed by atoms with Crippen molar-refractivity contribution in [2.24, 2.45) is 16.8 Å². The van der Waals surface area contributed by atoms with Crippen LogP contribution in [0.5, 0.6) is 0 Å². The predicted octanol–water partition coefficient (Wildman–Crippen LogP) is 0.434. The molecule has 0 radical (unpaired) electrons. The smallest absolute Gasteiger partial charge is 0.173 e. The van der Waals surface area contributed by atoms with Crippen molar-refractivity contribution in [3.63, 3.8) is 0 Å². The molecule has 3 N–H and O–H groups in total. The van der Waals surface area contributed by atoms with E-state index in [-0.39, 0.29) is 5.84 Å². The standard InChI is InChI=1S/C12H19N5O2/c1-17(8-9-3-6-19-7-4-9)12-10(11(13)16-18)2-5-14-15-12/h2,5,9,18H,3-4,6-8H2,1H3,(H2,13,16). The molecule has 19 heavy (non-hydrogen) atoms. The molecule has 1 saturated heterocycles. The third kappa shape index (κ3) is 3.31. The summed E-state index contributed by atoms with van der Waals surface area (Å²) in [5, 5.41) is 19.8. The number of ether oxygens (including phenoxy) is 1. The van der Waals surface area contributed by atoms with Gasteiger partial charge < -0.3 is 20.6 Å². The fourth-order valence-electron chi connectivity index (χ4n) is 2.26. The highest BCUT2D eigenvalue weighted by molar-refractivity contribution is 6.01. The van der Waals surface area contributed by atoms with Gasteiger partial charge in [-0.3, -0.25) is 0 Å². The van der Waals surface area contributed by atoms with Gasteiger partial charge in [-0.15, -0.1) is 5.10 Å². The topological polar surface area (TPSA) is 96.9 Å². The summed E-state index contributed by atoms with van der Waals surface area (Å²) in [6.45, 7) is 2.48. The van der Waals surface area contributed by atoms with Gasteiger partial charge in [0.25, 0.3) is 0 Å². The number of nitrogens with two attached hydrogens (primary N) is 1. The molecule has 0 amide bonds. The first-order valence-electron chi connectivity index (χ1n) is 6.31. The predicted molar refractivity (Wildman–Crippen MR) is 71.4 cm³/mol. The Hall–Kier alpha value is -1.89. The van der Waals surface area contributed by atoms with E-state index in [1.807, 2.05) is 11.9 Å². The Morgan fingerprint density at radius 2 is 2.32 bits per heavy atom. The van der Waals surface area contributed by atoms with Gasteiger partial charge in [0.1, 0.15) is 0 Å². The first kappa shape index (κ1) is 13.5. The quantitative estimate of drug-likeness (QED) is 0.355. The zero-order valence-corrected chi connectivity index (χ0v) is 11.0. The third-order valence-corrected chi connectivity index (χ3v) is 3.32. The molecule has 1 aliphatic rings. The van der Waals surface area contributed by atoms with Crippen molar-refractivity contribution in [3.8, 4) is 0 Å². The van der Waals surface area contributed by atoms with Crippen LogP contribution in [0.2, 0.25) is 0 Å². The van der Waals surface area contributed by atoms with Crippen LogP contribution in [0.1, 0.15) is 18.4 Å². The summed E-state index contributed by atoms with van der Waals surface area (Å²) in [4.78, 5) is 2.00. The minimum atomic E-state index is 0.0451. The summed E-state index contributed by atoms with van der Waals surface area (Å²) in [6.07, 6.45) is 3.62. The van der Waals surface area contributed by atoms with Crippen molar-refractivity contribution >= 4 is 11.7 Å². The van der Waals surface area contributed by atoms with Crippen LogP contribution in [0.25, 0.3) is 0 Å². The van der Waals surface area contributed by atoms with E-state index < -0.39 is 0 Å². The number of hydrogen-bond acceptors (Lipinski definition) is 6. The highest BCUT2D eigenvalue weighted by Crippen LogP contribution is 2.20. The third-order valence-electron chi connectivity index (χ3n) is 3.32. The van der Waals surface area contributed by atoms with E-state index >= 15 is 0 Å². The van der Waals surface area contributed by atoms with Gasteiger partial charge in [-0.25, -0.2) is 0 Å². The number of anilines is 1. The van der Waals surface area contributed by atoms with Crippen molar-refractivity contribution in [1.29, 1.82) is 0 Å². The number of amidine groups is 1. The van der Waals surface area contributed by atoms with Crippen LogP contribution in [0, 0.1) is 5.92 Å². The molecule has 0 saturated carbocycles. The van der Waals surface area contributed by atoms with Crippen LogP contribution in [0.3, 0.4) is 0 Å². The van der Waals surface area contributed by atoms with Crippen molar-refractivity contribution in [3.05, 3.63) is 17.8 Å². The normalized spacial score (nSPS) is 17.4. The van der Waals surface area contributed by atoms with Gasteiger partial charge in [-0.05, 0) is 24.8 Å². The van der Waals surface area contributed by atoms with E-state index in [2.05, 4.69) is 15.4 Å². The summed E-state index contributed by atoms with van der Waals surface area (Å²) in [5.74, 6) is 1.24. The molecule has 0 bridgehead atoms. The van der Waals surface area contributed by atoms with Gasteiger partial charge in [0.2, 0.25) is 0 Å². The van der Waals surface area contributed by atoms with Gasteiger partial charge >= 0.3 is 0 Å². The number of nitrogens with zero attached hydrogens (tertiary/aromatic N) is 4. The molecule has 1 aromatic rings. The lowest BCUT2D eigenvalue weighted by Gasteiger charge is -2.28. The summed E-state index contributed by atoms with van der Waals surface area (Å²) < 4.78 is 5.35. The second-order valence-corrected chi connectivity index (χ2v) is 4.69. The molecule has 7 heteroatoms. The Labute approximate surface area is 112 Å². The molecule has 2 rings (SSSR count). The SMILES string of the molecule is CN(CC1CCOCC1)c1nnccc1/C(N)=N/O. The largest absolute Gasteiger partial charge is 0.409 e. The lowest BCUT2D eigenvalue weighted by molar-refractivity contribution is 0.0685. The number of oxime groups is 1. The van der Waals surface area contributed by atoms with Crippen LogP contribution in [-0.2, 0) is 4.74 Å². The minimum Gasteiger partial charge on any atom is -0.409 e. The number of aromatic nitrogens is 2. The number of rotatable bonds is 4. The maximum Gasteiger partial charge on any atom is 0.173 e. The lowest BCUT2D eigenvalue weighted by atomic mass is 10.00. The maximum atomic E-state index is 8.80. The lowest BCUT2D eigenvalue weighted by Crippen LogP contribution is -2.32. The molecule has 0 aliphatic carbocycles. The Balaban J connectivity index is 2.11. The van der Waals surface area contributed by atoms with Gasteiger partial charge in [-0.2, -0.15) is 5.10 Å². The molecule has 104 valence electrons. The fourth-order valence-corrected chi connectivity index (χ4v) is 2.26. The second-order valence-electron chi connectivity index (χ2n) is 4.69. The van der Waals surface area contributed by atoms with Gasteiger partial charge in [0, 0.05) is 26.8 Å². The Morgan fingerprint density at radius 1 is 1.58 bits per heavy atom. The van der Waals surface area contributed by atoms with Crippen LogP contribution >= 0.6 is 0 Å². The Morgan fingerprint density at radius 3 is 3.00 bits per heavy atom. The van der Waals surface area contributed by atoms with Crippen molar-refractivity contribution in [2.75, 3.05) is 31.7 Å². The fraction of sp³-hybridized carbons (Fsp3) is 0.583. The molecule has 0 unspecified atom stereocenters. The highest BCUT2D eigenvalue weighted by atomic mass is 16.5. The summed E-state index contributed by atoms with van der Waals surface area (Å²) in [7, 11) is 1.94. The molecule has 1 aliphatic heterocycles. The molecule has 0 spiro atoms. The van der Waals surface area contributed by atoms with E-state index in [9.17, 15) is 0 Å². The molecule has 2 heterocycles. The average Bonchev–Trinajstić information content (AvgIpc) is 2.47. The van der Waals surface area contributed by atoms with E-state index in [1.54, 1.807) is 6.07 Å². The van der Waals surface area contributed by atoms with Crippen molar-refractivity contribution < 1.29 is 9.94 Å². The zero-order valence-electron chi connectivity index (χ0n) is 11.0. The summed E-state index contributed by atoms with van der Waals surface area (Å²) in [6, 6.07) is 1.69. The monoisotopic (exact) mass is 265 g/mol. The summed E-state index contributed by atoms with van der Waals surface area (Å²) in [5.41, 5.74) is 6.24. The van der Waals surface area contributed by atoms with Crippen molar-refractivity contribution in [1.82, 2.24) is 10.2 Å². The molecule has 1 fully saturated rings. The minimum absolute atomic E-state index is 0.0451. The molecular weight excluding hydrogens is 246 g/mol. The van der Waals surface area contributed by atoms with Gasteiger partial charge in [0.15, 0.2) is 11.7 Å². The first-order chi connectivity index (χ1) is 9.22. The molecule has 0 atom stereocenters. The molecular formula is C12H19N5O2. The first-order valence-corrected chi connectivity index (χ1v) is 6.31. The second kappa shape index (κ2) is 6.33. The van der Waals surface area contributed by atoms with E-state index in [1.165, 1.54) is 6.20 Å². The molecule has 7 nitrogen and oxygen atoms in total. The van der Waals surface area contributed by atoms with Gasteiger partial charge in [-0.1, -0.05) is 5.16 Å². The van der Waals surface area contributed by atoms with Crippen LogP contribution in [0.4, 0.5) is 5.82 Å². The zero-order chi connectivity index (χ0) is 13.7. The molecule has 0 aromatic carbocycles. The average molecular weight is 265 g/mol. The highest BCUT2D eigenvalue weighted by Gasteiger charge is 2.19. The Kier molecular flexibility index (Phi) is 4.51. The van der Waals surface area contributed by atoms with Crippen LogP contribution in [0.15, 0.2) is 17.4 Å². The molecule has 1 aromatic heterocycles. The van der Waals surface area contributed by atoms with Gasteiger partial charge in [0.05, 0.1) is 11.8 Å². The van der Waals surface area contributed by atoms with E-state index in [0.717, 1.165) is 32.6 Å². The van der Waals surface area contributed by atoms with E-state index in [0.29, 0.717) is 17.3 Å². The Bertz CT molecular complexity index is 446. The van der Waals surface area contributed by atoms with E-state index in [4.69, 9.17) is 15.7 Å². The van der Waals surface area contributed by atoms with Crippen LogP contribution < -0.4 is 10.6 Å².